The topological polar surface area (TPSA) is 42.2 Å². The number of aromatic nitrogens is 1. The van der Waals surface area contributed by atoms with E-state index in [-0.39, 0.29) is 15.6 Å². The lowest BCUT2D eigenvalue weighted by Crippen LogP contribution is -2.21. The Hall–Kier alpha value is -1.98. The number of benzene rings is 1. The highest BCUT2D eigenvalue weighted by atomic mass is 19.4. The van der Waals surface area contributed by atoms with E-state index in [2.05, 4.69) is 0 Å². The fraction of sp³-hybridized carbons (Fsp3) is 0.100. The third-order valence-electron chi connectivity index (χ3n) is 2.20. The summed E-state index contributed by atoms with van der Waals surface area (Å²) in [4.78, 5) is 11.1. The Morgan fingerprint density at radius 2 is 1.81 bits per heavy atom. The van der Waals surface area contributed by atoms with Crippen molar-refractivity contribution in [1.82, 2.24) is 4.73 Å². The molecule has 0 saturated heterocycles. The molecule has 0 unspecified atom stereocenters. The molecule has 0 bridgehead atoms. The van der Waals surface area contributed by atoms with Gasteiger partial charge < -0.3 is 5.21 Å². The zero-order chi connectivity index (χ0) is 11.9. The van der Waals surface area contributed by atoms with Gasteiger partial charge in [0.05, 0.1) is 11.1 Å². The summed E-state index contributed by atoms with van der Waals surface area (Å²) in [5, 5.41) is 9.07. The summed E-state index contributed by atoms with van der Waals surface area (Å²) in [5.74, 6) is 0. The number of hydrogen-bond acceptors (Lipinski definition) is 2. The minimum atomic E-state index is -4.62. The summed E-state index contributed by atoms with van der Waals surface area (Å²) >= 11 is 0. The van der Waals surface area contributed by atoms with Crippen molar-refractivity contribution in [1.29, 1.82) is 0 Å². The van der Waals surface area contributed by atoms with Crippen LogP contribution in [-0.2, 0) is 6.18 Å². The number of alkyl halides is 3. The Balaban J connectivity index is 2.97. The van der Waals surface area contributed by atoms with E-state index in [0.29, 0.717) is 6.07 Å². The van der Waals surface area contributed by atoms with E-state index in [1.807, 2.05) is 0 Å². The molecule has 1 aromatic heterocycles. The number of nitrogens with zero attached hydrogens (tertiary/aromatic N) is 1. The number of halogens is 3. The molecular weight excluding hydrogens is 223 g/mol. The Bertz CT molecular complexity index is 601. The van der Waals surface area contributed by atoms with Gasteiger partial charge in [0.2, 0.25) is 0 Å². The highest BCUT2D eigenvalue weighted by Gasteiger charge is 2.33. The zero-order valence-electron chi connectivity index (χ0n) is 7.82. The van der Waals surface area contributed by atoms with Gasteiger partial charge in [0.25, 0.3) is 5.56 Å². The van der Waals surface area contributed by atoms with E-state index in [0.717, 1.165) is 0 Å². The van der Waals surface area contributed by atoms with Crippen LogP contribution in [0.1, 0.15) is 5.56 Å². The van der Waals surface area contributed by atoms with E-state index >= 15 is 0 Å². The number of hydrogen-bond donors (Lipinski definition) is 1. The van der Waals surface area contributed by atoms with Crippen LogP contribution >= 0.6 is 0 Å². The summed E-state index contributed by atoms with van der Waals surface area (Å²) in [6.07, 6.45) is -4.62. The first-order valence-electron chi connectivity index (χ1n) is 4.32. The second kappa shape index (κ2) is 3.26. The summed E-state index contributed by atoms with van der Waals surface area (Å²) < 4.78 is 38.0. The van der Waals surface area contributed by atoms with E-state index in [1.165, 1.54) is 24.3 Å². The normalized spacial score (nSPS) is 11.9. The van der Waals surface area contributed by atoms with Gasteiger partial charge in [-0.3, -0.25) is 4.79 Å². The maximum Gasteiger partial charge on any atom is 0.417 e. The van der Waals surface area contributed by atoms with Crippen molar-refractivity contribution in [2.45, 2.75) is 6.18 Å². The molecule has 6 heteroatoms. The smallest absolute Gasteiger partial charge is 0.417 e. The van der Waals surface area contributed by atoms with Crippen LogP contribution in [0, 0.1) is 0 Å². The molecule has 84 valence electrons. The van der Waals surface area contributed by atoms with E-state index in [1.54, 1.807) is 0 Å². The average molecular weight is 229 g/mol. The monoisotopic (exact) mass is 229 g/mol. The number of pyridine rings is 1. The Morgan fingerprint density at radius 3 is 2.44 bits per heavy atom. The fourth-order valence-corrected chi connectivity index (χ4v) is 1.50. The van der Waals surface area contributed by atoms with Crippen molar-refractivity contribution >= 4 is 10.9 Å². The summed E-state index contributed by atoms with van der Waals surface area (Å²) in [6.45, 7) is 0. The molecule has 0 saturated carbocycles. The molecule has 0 aliphatic heterocycles. The molecule has 16 heavy (non-hydrogen) atoms. The van der Waals surface area contributed by atoms with Gasteiger partial charge in [0.1, 0.15) is 0 Å². The lowest BCUT2D eigenvalue weighted by molar-refractivity contribution is -0.136. The van der Waals surface area contributed by atoms with Crippen molar-refractivity contribution in [3.05, 3.63) is 46.2 Å². The van der Waals surface area contributed by atoms with Crippen molar-refractivity contribution in [3.63, 3.8) is 0 Å². The lowest BCUT2D eigenvalue weighted by Gasteiger charge is -2.11. The maximum absolute atomic E-state index is 12.6. The van der Waals surface area contributed by atoms with Crippen LogP contribution in [0.4, 0.5) is 13.2 Å². The standard InChI is InChI=1S/C10H6F3NO2/c11-10(12,13)7-5-9(15)14(16)8-4-2-1-3-6(7)8/h1-5,16H. The second-order valence-electron chi connectivity index (χ2n) is 3.22. The van der Waals surface area contributed by atoms with Crippen LogP contribution in [-0.4, -0.2) is 9.94 Å². The third-order valence-corrected chi connectivity index (χ3v) is 2.20. The van der Waals surface area contributed by atoms with Crippen molar-refractivity contribution in [3.8, 4) is 0 Å². The van der Waals surface area contributed by atoms with Crippen LogP contribution in [0.15, 0.2) is 35.1 Å². The Morgan fingerprint density at radius 1 is 1.19 bits per heavy atom. The minimum Gasteiger partial charge on any atom is -0.425 e. The van der Waals surface area contributed by atoms with E-state index in [9.17, 15) is 23.2 Å². The van der Waals surface area contributed by atoms with Crippen LogP contribution in [0.5, 0.6) is 0 Å². The van der Waals surface area contributed by atoms with E-state index < -0.39 is 17.3 Å². The lowest BCUT2D eigenvalue weighted by atomic mass is 10.1. The molecule has 0 radical (unpaired) electrons. The highest BCUT2D eigenvalue weighted by molar-refractivity contribution is 5.82. The van der Waals surface area contributed by atoms with Gasteiger partial charge in [0, 0.05) is 11.5 Å². The number of para-hydroxylation sites is 1. The molecule has 2 rings (SSSR count). The SMILES string of the molecule is O=c1cc(C(F)(F)F)c2ccccc2n1O. The molecule has 0 aliphatic carbocycles. The van der Waals surface area contributed by atoms with Crippen LogP contribution in [0.25, 0.3) is 10.9 Å². The van der Waals surface area contributed by atoms with E-state index in [4.69, 9.17) is 0 Å². The molecule has 1 N–H and O–H groups in total. The molecule has 1 heterocycles. The van der Waals surface area contributed by atoms with Crippen LogP contribution < -0.4 is 5.56 Å². The first-order valence-corrected chi connectivity index (χ1v) is 4.32. The first kappa shape index (κ1) is 10.5. The summed E-state index contributed by atoms with van der Waals surface area (Å²) in [5.41, 5.74) is -2.31. The molecule has 0 aliphatic rings. The largest absolute Gasteiger partial charge is 0.425 e. The van der Waals surface area contributed by atoms with Crippen LogP contribution in [0.3, 0.4) is 0 Å². The van der Waals surface area contributed by atoms with Gasteiger partial charge >= 0.3 is 6.18 Å². The second-order valence-corrected chi connectivity index (χ2v) is 3.22. The molecule has 2 aromatic rings. The van der Waals surface area contributed by atoms with Gasteiger partial charge in [-0.15, -0.1) is 4.73 Å². The molecule has 1 aromatic carbocycles. The first-order chi connectivity index (χ1) is 7.41. The number of rotatable bonds is 0. The summed E-state index contributed by atoms with van der Waals surface area (Å²) in [6, 6.07) is 5.66. The molecule has 0 atom stereocenters. The van der Waals surface area contributed by atoms with Gasteiger partial charge in [-0.1, -0.05) is 18.2 Å². The van der Waals surface area contributed by atoms with Crippen molar-refractivity contribution in [2.24, 2.45) is 0 Å². The Kier molecular flexibility index (Phi) is 2.15. The molecule has 0 spiro atoms. The van der Waals surface area contributed by atoms with Gasteiger partial charge in [0.15, 0.2) is 0 Å². The minimum absolute atomic E-state index is 0.165. The Labute approximate surface area is 87.3 Å². The van der Waals surface area contributed by atoms with Gasteiger partial charge in [-0.25, -0.2) is 0 Å². The van der Waals surface area contributed by atoms with Gasteiger partial charge in [-0.2, -0.15) is 13.2 Å². The maximum atomic E-state index is 12.6. The quantitative estimate of drug-likeness (QED) is 0.704. The highest BCUT2D eigenvalue weighted by Crippen LogP contribution is 2.33. The molecule has 3 nitrogen and oxygen atoms in total. The zero-order valence-corrected chi connectivity index (χ0v) is 7.82. The average Bonchev–Trinajstić information content (AvgIpc) is 2.22. The predicted molar refractivity (Wildman–Crippen MR) is 50.4 cm³/mol. The molecular formula is C10H6F3NO2. The predicted octanol–water partition coefficient (Wildman–Crippen LogP) is 2.26. The summed E-state index contributed by atoms with van der Waals surface area (Å²) in [7, 11) is 0. The molecule has 0 amide bonds. The van der Waals surface area contributed by atoms with Crippen molar-refractivity contribution < 1.29 is 18.4 Å². The van der Waals surface area contributed by atoms with Crippen LogP contribution in [0.2, 0.25) is 0 Å². The molecule has 0 fully saturated rings. The third kappa shape index (κ3) is 1.52. The fourth-order valence-electron chi connectivity index (χ4n) is 1.50. The van der Waals surface area contributed by atoms with Crippen molar-refractivity contribution in [2.75, 3.05) is 0 Å². The van der Waals surface area contributed by atoms with Gasteiger partial charge in [-0.05, 0) is 6.07 Å². The number of fused-ring (bicyclic) bond motifs is 1.